The second kappa shape index (κ2) is 17.4. The Hall–Kier alpha value is -2.07. The Morgan fingerprint density at radius 2 is 1.83 bits per heavy atom. The number of hydrogen-bond acceptors (Lipinski definition) is 8. The Balaban J connectivity index is 0. The van der Waals surface area contributed by atoms with Crippen LogP contribution in [0.4, 0.5) is 0 Å². The molecule has 6 N–H and O–H groups in total. The minimum Gasteiger partial charge on any atom is -0.412 e. The van der Waals surface area contributed by atoms with Gasteiger partial charge in [-0.2, -0.15) is 0 Å². The molecule has 0 spiro atoms. The zero-order valence-electron chi connectivity index (χ0n) is 20.5. The molecule has 1 aromatic carbocycles. The van der Waals surface area contributed by atoms with Crippen molar-refractivity contribution in [3.05, 3.63) is 57.0 Å². The van der Waals surface area contributed by atoms with Crippen LogP contribution >= 0.6 is 0 Å². The maximum atomic E-state index is 12.1. The number of carbonyl (C=O) groups is 2. The number of rotatable bonds is 8. The van der Waals surface area contributed by atoms with E-state index in [0.717, 1.165) is 8.50 Å². The van der Waals surface area contributed by atoms with Gasteiger partial charge in [0, 0.05) is 14.1 Å². The zero-order valence-corrected chi connectivity index (χ0v) is 28.0. The summed E-state index contributed by atoms with van der Waals surface area (Å²) in [5.41, 5.74) is 0.305. The first-order valence-corrected chi connectivity index (χ1v) is 13.7. The van der Waals surface area contributed by atoms with Gasteiger partial charge in [0.05, 0.1) is 6.33 Å². The second-order valence-electron chi connectivity index (χ2n) is 6.82. The van der Waals surface area contributed by atoms with Gasteiger partial charge in [0.25, 0.3) is 5.56 Å². The molecule has 16 heteroatoms. The molecular weight excluding hydrogens is 678 g/mol. The summed E-state index contributed by atoms with van der Waals surface area (Å²) in [6.45, 7) is -0.165. The summed E-state index contributed by atoms with van der Waals surface area (Å²) in [4.78, 5) is 51.8. The van der Waals surface area contributed by atoms with E-state index in [1.807, 2.05) is 0 Å². The number of ether oxygens (including phenoxy) is 2. The first-order valence-electron chi connectivity index (χ1n) is 9.82. The topological polar surface area (TPSA) is 223 Å². The number of amides is 1. The molecule has 1 amide bonds. The molecule has 3 rings (SSSR count). The van der Waals surface area contributed by atoms with Crippen LogP contribution < -0.4 is 56.0 Å². The average molecular weight is 705 g/mol. The number of aryl methyl sites for hydroxylation is 1. The SMILES string of the molecule is COC([CH2][Hg])CNC(=O)c1ccccc1OCC(=O)[O-].Cn1c(=O)c2[nH]cnc2n(C)c1=O.O.O.[Na+]. The number of methoxy groups -OCH3 is 1. The van der Waals surface area contributed by atoms with Gasteiger partial charge in [-0.15, -0.1) is 0 Å². The van der Waals surface area contributed by atoms with E-state index in [1.54, 1.807) is 38.4 Å². The van der Waals surface area contributed by atoms with Crippen LogP contribution in [-0.4, -0.2) is 68.3 Å². The molecular formula is C20H27HgN5NaO9. The number of aromatic nitrogens is 4. The largest absolute Gasteiger partial charge is 1.00 e. The second-order valence-corrected chi connectivity index (χ2v) is 9.06. The molecule has 1 atom stereocenters. The van der Waals surface area contributed by atoms with Gasteiger partial charge in [-0.25, -0.2) is 9.78 Å². The van der Waals surface area contributed by atoms with Crippen LogP contribution in [0.15, 0.2) is 40.2 Å². The molecule has 2 heterocycles. The van der Waals surface area contributed by atoms with Gasteiger partial charge < -0.3 is 15.9 Å². The number of para-hydroxylation sites is 1. The number of carbonyl (C=O) groups excluding carboxylic acids is 2. The van der Waals surface area contributed by atoms with Gasteiger partial charge in [-0.05, 0) is 0 Å². The summed E-state index contributed by atoms with van der Waals surface area (Å²) in [5, 5.41) is 13.2. The zero-order chi connectivity index (χ0) is 24.5. The predicted molar refractivity (Wildman–Crippen MR) is 119 cm³/mol. The molecule has 1 unspecified atom stereocenters. The molecule has 0 saturated heterocycles. The maximum Gasteiger partial charge on any atom is 1.00 e. The Morgan fingerprint density at radius 3 is 2.42 bits per heavy atom. The third kappa shape index (κ3) is 9.42. The Kier molecular flexibility index (Phi) is 17.4. The number of nitrogens with one attached hydrogen (secondary N) is 2. The van der Waals surface area contributed by atoms with E-state index in [0.29, 0.717) is 49.4 Å². The van der Waals surface area contributed by atoms with E-state index in [-0.39, 0.29) is 69.5 Å². The molecule has 3 aromatic rings. The number of nitrogens with zero attached hydrogens (tertiary/aromatic N) is 3. The fraction of sp³-hybridized carbons (Fsp3) is 0.350. The summed E-state index contributed by atoms with van der Waals surface area (Å²) in [7, 11) is 4.62. The summed E-state index contributed by atoms with van der Waals surface area (Å²) >= 11 is 0.598. The van der Waals surface area contributed by atoms with Crippen LogP contribution in [-0.2, 0) is 49.7 Å². The van der Waals surface area contributed by atoms with Crippen LogP contribution in [0, 0.1) is 0 Å². The van der Waals surface area contributed by atoms with Crippen molar-refractivity contribution in [2.24, 2.45) is 14.1 Å². The van der Waals surface area contributed by atoms with Gasteiger partial charge >= 0.3 is 169 Å². The summed E-state index contributed by atoms with van der Waals surface area (Å²) < 4.78 is 13.6. The average Bonchev–Trinajstić information content (AvgIpc) is 3.31. The fourth-order valence-corrected chi connectivity index (χ4v) is 4.50. The minimum absolute atomic E-state index is 0. The molecule has 0 bridgehead atoms. The van der Waals surface area contributed by atoms with Crippen LogP contribution in [0.1, 0.15) is 10.4 Å². The van der Waals surface area contributed by atoms with Crippen LogP contribution in [0.2, 0.25) is 3.93 Å². The summed E-state index contributed by atoms with van der Waals surface area (Å²) in [6, 6.07) is 6.47. The number of carboxylic acids is 1. The third-order valence-corrected chi connectivity index (χ3v) is 7.16. The van der Waals surface area contributed by atoms with E-state index >= 15 is 0 Å². The van der Waals surface area contributed by atoms with Gasteiger partial charge in [0.1, 0.15) is 5.52 Å². The van der Waals surface area contributed by atoms with Gasteiger partial charge in [0.2, 0.25) is 0 Å². The number of aliphatic carboxylic acids is 1. The van der Waals surface area contributed by atoms with Crippen molar-refractivity contribution in [1.82, 2.24) is 24.4 Å². The van der Waals surface area contributed by atoms with Gasteiger partial charge in [-0.3, -0.25) is 13.9 Å². The quantitative estimate of drug-likeness (QED) is 0.214. The van der Waals surface area contributed by atoms with Crippen molar-refractivity contribution >= 4 is 23.0 Å². The van der Waals surface area contributed by atoms with Gasteiger partial charge in [-0.1, -0.05) is 0 Å². The Bertz CT molecular complexity index is 1240. The van der Waals surface area contributed by atoms with Crippen LogP contribution in [0.5, 0.6) is 5.75 Å². The van der Waals surface area contributed by atoms with Crippen LogP contribution in [0.25, 0.3) is 11.2 Å². The first kappa shape index (κ1) is 36.1. The number of fused-ring (bicyclic) bond motifs is 1. The molecule has 189 valence electrons. The standard InChI is InChI=1S/C13H16NO5.C7H8N4O2.Hg.Na.2H2O/c1-9(18-2)7-14-13(17)10-5-3-4-6-11(10)19-8-12(15)16;1-10-5-4(8-3-9-5)6(12)11(2)7(10)13;;;;/h3-6,9H,1,7-8H2,2H3,(H,14,17)(H,15,16);3H,1-2H3,(H,8,9);;;2*1H2/q;;;+1;;/p-1. The van der Waals surface area contributed by atoms with Crippen molar-refractivity contribution in [2.45, 2.75) is 10.0 Å². The number of benzene rings is 1. The number of aromatic amines is 1. The predicted octanol–water partition coefficient (Wildman–Crippen LogP) is -6.16. The molecule has 0 aliphatic carbocycles. The molecule has 0 fully saturated rings. The number of carboxylic acid groups (broad SMARTS) is 1. The molecule has 0 aliphatic heterocycles. The maximum absolute atomic E-state index is 12.1. The fourth-order valence-electron chi connectivity index (χ4n) is 2.79. The van der Waals surface area contributed by atoms with Crippen molar-refractivity contribution in [2.75, 3.05) is 20.3 Å². The monoisotopic (exact) mass is 706 g/mol. The molecule has 14 nitrogen and oxygen atoms in total. The summed E-state index contributed by atoms with van der Waals surface area (Å²) in [6.07, 6.45) is 1.42. The van der Waals surface area contributed by atoms with E-state index in [1.165, 1.54) is 17.9 Å². The smallest absolute Gasteiger partial charge is 0.412 e. The van der Waals surface area contributed by atoms with E-state index in [4.69, 9.17) is 9.47 Å². The Morgan fingerprint density at radius 1 is 1.19 bits per heavy atom. The molecule has 0 aliphatic rings. The van der Waals surface area contributed by atoms with Crippen molar-refractivity contribution < 1.29 is 90.8 Å². The minimum atomic E-state index is -1.34. The number of imidazole rings is 1. The van der Waals surface area contributed by atoms with Crippen LogP contribution in [0.3, 0.4) is 0 Å². The molecule has 0 saturated carbocycles. The Labute approximate surface area is 243 Å². The van der Waals surface area contributed by atoms with Crippen molar-refractivity contribution in [1.29, 1.82) is 0 Å². The van der Waals surface area contributed by atoms with Crippen molar-refractivity contribution in [3.63, 3.8) is 0 Å². The molecule has 2 aromatic heterocycles. The summed E-state index contributed by atoms with van der Waals surface area (Å²) in [5.74, 6) is -1.43. The van der Waals surface area contributed by atoms with E-state index in [2.05, 4.69) is 15.3 Å². The normalized spacial score (nSPS) is 10.5. The number of hydrogen-bond donors (Lipinski definition) is 2. The van der Waals surface area contributed by atoms with Crippen molar-refractivity contribution in [3.8, 4) is 5.75 Å². The third-order valence-electron chi connectivity index (χ3n) is 4.65. The van der Waals surface area contributed by atoms with Gasteiger partial charge in [0.15, 0.2) is 5.65 Å². The molecule has 0 radical (unpaired) electrons. The van der Waals surface area contributed by atoms with E-state index in [9.17, 15) is 24.3 Å². The number of H-pyrrole nitrogens is 1. The van der Waals surface area contributed by atoms with E-state index < -0.39 is 12.6 Å². The first-order chi connectivity index (χ1) is 15.7. The molecule has 36 heavy (non-hydrogen) atoms.